The molecule has 0 aliphatic rings. The van der Waals surface area contributed by atoms with Gasteiger partial charge < -0.3 is 5.32 Å². The summed E-state index contributed by atoms with van der Waals surface area (Å²) in [5.41, 5.74) is 0.978. The van der Waals surface area contributed by atoms with Crippen molar-refractivity contribution in [1.29, 1.82) is 0 Å². The van der Waals surface area contributed by atoms with E-state index < -0.39 is 11.6 Å². The van der Waals surface area contributed by atoms with Crippen molar-refractivity contribution in [2.24, 2.45) is 0 Å². The number of nitrogens with one attached hydrogen (secondary N) is 1. The lowest BCUT2D eigenvalue weighted by Gasteiger charge is -2.15. The van der Waals surface area contributed by atoms with Crippen LogP contribution in [0.2, 0.25) is 0 Å². The van der Waals surface area contributed by atoms with Gasteiger partial charge in [-0.25, -0.2) is 8.78 Å². The van der Waals surface area contributed by atoms with E-state index >= 15 is 0 Å². The number of halogens is 3. The highest BCUT2D eigenvalue weighted by molar-refractivity contribution is 9.10. The summed E-state index contributed by atoms with van der Waals surface area (Å²) in [5.74, 6) is -2.27. The van der Waals surface area contributed by atoms with Crippen LogP contribution in [0.5, 0.6) is 0 Å². The van der Waals surface area contributed by atoms with Crippen molar-refractivity contribution < 1.29 is 13.6 Å². The average Bonchev–Trinajstić information content (AvgIpc) is 2.44. The molecule has 1 N–H and O–H groups in total. The van der Waals surface area contributed by atoms with Crippen LogP contribution in [0.15, 0.2) is 46.9 Å². The second-order valence-electron chi connectivity index (χ2n) is 4.73. The molecule has 0 aliphatic heterocycles. The Balaban J connectivity index is 2.03. The van der Waals surface area contributed by atoms with Crippen molar-refractivity contribution in [2.75, 3.05) is 0 Å². The Hall–Kier alpha value is -1.75. The Morgan fingerprint density at radius 2 is 1.95 bits per heavy atom. The molecule has 2 aromatic rings. The molecule has 2 rings (SSSR count). The number of carbonyl (C=O) groups excluding carboxylic acids is 1. The standard InChI is InChI=1S/C16H14BrF2NO/c1-10(11-4-2-6-13(17)8-11)20-15(21)9-12-5-3-7-14(18)16(12)19/h2-8,10H,9H2,1H3,(H,20,21). The largest absolute Gasteiger partial charge is 0.349 e. The third kappa shape index (κ3) is 4.11. The highest BCUT2D eigenvalue weighted by Crippen LogP contribution is 2.18. The molecule has 5 heteroatoms. The van der Waals surface area contributed by atoms with Crippen LogP contribution in [0.1, 0.15) is 24.1 Å². The van der Waals surface area contributed by atoms with Crippen molar-refractivity contribution in [3.8, 4) is 0 Å². The molecular weight excluding hydrogens is 340 g/mol. The molecule has 0 radical (unpaired) electrons. The van der Waals surface area contributed by atoms with Gasteiger partial charge in [0, 0.05) is 10.0 Å². The van der Waals surface area contributed by atoms with E-state index in [0.717, 1.165) is 16.1 Å². The van der Waals surface area contributed by atoms with Gasteiger partial charge in [-0.2, -0.15) is 0 Å². The Morgan fingerprint density at radius 3 is 2.67 bits per heavy atom. The number of amides is 1. The molecule has 1 unspecified atom stereocenters. The number of hydrogen-bond acceptors (Lipinski definition) is 1. The van der Waals surface area contributed by atoms with E-state index in [2.05, 4.69) is 21.2 Å². The Morgan fingerprint density at radius 1 is 1.24 bits per heavy atom. The summed E-state index contributed by atoms with van der Waals surface area (Å²) in [4.78, 5) is 11.9. The SMILES string of the molecule is CC(NC(=O)Cc1cccc(F)c1F)c1cccc(Br)c1. The first-order valence-corrected chi connectivity index (χ1v) is 7.24. The van der Waals surface area contributed by atoms with Crippen LogP contribution in [0.3, 0.4) is 0 Å². The summed E-state index contributed by atoms with van der Waals surface area (Å²) >= 11 is 3.36. The van der Waals surface area contributed by atoms with E-state index in [1.807, 2.05) is 31.2 Å². The predicted molar refractivity (Wildman–Crippen MR) is 80.8 cm³/mol. The summed E-state index contributed by atoms with van der Waals surface area (Å²) in [6, 6.07) is 11.1. The van der Waals surface area contributed by atoms with Gasteiger partial charge in [-0.15, -0.1) is 0 Å². The minimum Gasteiger partial charge on any atom is -0.349 e. The van der Waals surface area contributed by atoms with E-state index in [4.69, 9.17) is 0 Å². The van der Waals surface area contributed by atoms with Crippen molar-refractivity contribution in [3.63, 3.8) is 0 Å². The zero-order chi connectivity index (χ0) is 15.4. The first-order valence-electron chi connectivity index (χ1n) is 6.45. The maximum atomic E-state index is 13.5. The molecule has 0 fully saturated rings. The molecule has 0 spiro atoms. The molecule has 0 aliphatic carbocycles. The van der Waals surface area contributed by atoms with Crippen molar-refractivity contribution >= 4 is 21.8 Å². The maximum absolute atomic E-state index is 13.5. The molecule has 0 saturated heterocycles. The monoisotopic (exact) mass is 353 g/mol. The molecule has 0 aromatic heterocycles. The number of benzene rings is 2. The van der Waals surface area contributed by atoms with Gasteiger partial charge in [-0.1, -0.05) is 40.2 Å². The van der Waals surface area contributed by atoms with E-state index in [1.54, 1.807) is 0 Å². The van der Waals surface area contributed by atoms with Crippen molar-refractivity contribution in [1.82, 2.24) is 5.32 Å². The number of carbonyl (C=O) groups is 1. The van der Waals surface area contributed by atoms with E-state index in [-0.39, 0.29) is 23.9 Å². The molecule has 21 heavy (non-hydrogen) atoms. The van der Waals surface area contributed by atoms with Gasteiger partial charge in [0.15, 0.2) is 11.6 Å². The third-order valence-electron chi connectivity index (χ3n) is 3.11. The molecular formula is C16H14BrF2NO. The van der Waals surface area contributed by atoms with Gasteiger partial charge in [-0.3, -0.25) is 4.79 Å². The fraction of sp³-hybridized carbons (Fsp3) is 0.188. The van der Waals surface area contributed by atoms with Crippen molar-refractivity contribution in [3.05, 3.63) is 69.7 Å². The number of hydrogen-bond donors (Lipinski definition) is 1. The Bertz CT molecular complexity index is 660. The van der Waals surface area contributed by atoms with Crippen LogP contribution >= 0.6 is 15.9 Å². The maximum Gasteiger partial charge on any atom is 0.225 e. The van der Waals surface area contributed by atoms with E-state index in [1.165, 1.54) is 12.1 Å². The molecule has 2 aromatic carbocycles. The van der Waals surface area contributed by atoms with Gasteiger partial charge in [-0.05, 0) is 30.7 Å². The fourth-order valence-corrected chi connectivity index (χ4v) is 2.43. The van der Waals surface area contributed by atoms with Crippen LogP contribution < -0.4 is 5.32 Å². The number of rotatable bonds is 4. The van der Waals surface area contributed by atoms with Gasteiger partial charge in [0.2, 0.25) is 5.91 Å². The summed E-state index contributed by atoms with van der Waals surface area (Å²) in [5, 5.41) is 2.77. The first kappa shape index (κ1) is 15.6. The van der Waals surface area contributed by atoms with Gasteiger partial charge in [0.05, 0.1) is 12.5 Å². The normalized spacial score (nSPS) is 12.0. The lowest BCUT2D eigenvalue weighted by molar-refractivity contribution is -0.121. The lowest BCUT2D eigenvalue weighted by atomic mass is 10.1. The molecule has 0 bridgehead atoms. The van der Waals surface area contributed by atoms with Crippen LogP contribution in [0, 0.1) is 11.6 Å². The summed E-state index contributed by atoms with van der Waals surface area (Å²) in [7, 11) is 0. The molecule has 1 amide bonds. The van der Waals surface area contributed by atoms with Crippen LogP contribution in [-0.4, -0.2) is 5.91 Å². The molecule has 0 saturated carbocycles. The Kier molecular flexibility index (Phi) is 5.07. The van der Waals surface area contributed by atoms with E-state index in [9.17, 15) is 13.6 Å². The topological polar surface area (TPSA) is 29.1 Å². The summed E-state index contributed by atoms with van der Waals surface area (Å²) in [6.07, 6.45) is -0.193. The third-order valence-corrected chi connectivity index (χ3v) is 3.60. The minimum atomic E-state index is -0.970. The molecule has 1 atom stereocenters. The summed E-state index contributed by atoms with van der Waals surface area (Å²) in [6.45, 7) is 1.83. The minimum absolute atomic E-state index is 0.0499. The second kappa shape index (κ2) is 6.80. The van der Waals surface area contributed by atoms with Gasteiger partial charge in [0.25, 0.3) is 0 Å². The summed E-state index contributed by atoms with van der Waals surface area (Å²) < 4.78 is 27.5. The van der Waals surface area contributed by atoms with Gasteiger partial charge >= 0.3 is 0 Å². The van der Waals surface area contributed by atoms with Crippen LogP contribution in [0.25, 0.3) is 0 Å². The molecule has 0 heterocycles. The zero-order valence-electron chi connectivity index (χ0n) is 11.4. The highest BCUT2D eigenvalue weighted by Gasteiger charge is 2.14. The molecule has 2 nitrogen and oxygen atoms in total. The second-order valence-corrected chi connectivity index (χ2v) is 5.65. The molecule has 110 valence electrons. The first-order chi connectivity index (χ1) is 9.97. The van der Waals surface area contributed by atoms with E-state index in [0.29, 0.717) is 0 Å². The fourth-order valence-electron chi connectivity index (χ4n) is 2.01. The zero-order valence-corrected chi connectivity index (χ0v) is 13.0. The quantitative estimate of drug-likeness (QED) is 0.878. The lowest BCUT2D eigenvalue weighted by Crippen LogP contribution is -2.28. The van der Waals surface area contributed by atoms with Crippen LogP contribution in [-0.2, 0) is 11.2 Å². The highest BCUT2D eigenvalue weighted by atomic mass is 79.9. The smallest absolute Gasteiger partial charge is 0.225 e. The predicted octanol–water partition coefficient (Wildman–Crippen LogP) is 4.15. The van der Waals surface area contributed by atoms with Gasteiger partial charge in [0.1, 0.15) is 0 Å². The average molecular weight is 354 g/mol. The Labute approximate surface area is 130 Å². The van der Waals surface area contributed by atoms with Crippen molar-refractivity contribution in [2.45, 2.75) is 19.4 Å². The van der Waals surface area contributed by atoms with Crippen LogP contribution in [0.4, 0.5) is 8.78 Å².